The van der Waals surface area contributed by atoms with Crippen molar-refractivity contribution in [3.8, 4) is 11.8 Å². The van der Waals surface area contributed by atoms with E-state index in [0.29, 0.717) is 35.4 Å². The summed E-state index contributed by atoms with van der Waals surface area (Å²) < 4.78 is 11.1. The highest BCUT2D eigenvalue weighted by Crippen LogP contribution is 2.24. The number of likely N-dealkylation sites (tertiary alicyclic amines) is 1. The predicted octanol–water partition coefficient (Wildman–Crippen LogP) is 2.61. The predicted molar refractivity (Wildman–Crippen MR) is 92.2 cm³/mol. The van der Waals surface area contributed by atoms with Gasteiger partial charge in [0.1, 0.15) is 29.1 Å². The average Bonchev–Trinajstić information content (AvgIpc) is 2.61. The zero-order valence-corrected chi connectivity index (χ0v) is 13.9. The molecule has 2 aromatic rings. The van der Waals surface area contributed by atoms with Crippen LogP contribution in [0.3, 0.4) is 0 Å². The van der Waals surface area contributed by atoms with Crippen LogP contribution >= 0.6 is 0 Å². The zero-order valence-electron chi connectivity index (χ0n) is 13.9. The largest absolute Gasteiger partial charge is 0.490 e. The van der Waals surface area contributed by atoms with E-state index in [1.807, 2.05) is 6.07 Å². The molecule has 1 fully saturated rings. The molecule has 0 spiro atoms. The van der Waals surface area contributed by atoms with Crippen LogP contribution in [0.4, 0.5) is 0 Å². The lowest BCUT2D eigenvalue weighted by molar-refractivity contribution is -0.128. The van der Waals surface area contributed by atoms with Crippen molar-refractivity contribution < 1.29 is 13.9 Å². The topological polar surface area (TPSA) is 83.5 Å². The summed E-state index contributed by atoms with van der Waals surface area (Å²) in [6.07, 6.45) is 1.46. The highest BCUT2D eigenvalue weighted by Gasteiger charge is 2.24. The lowest BCUT2D eigenvalue weighted by Gasteiger charge is -2.32. The first-order valence-corrected chi connectivity index (χ1v) is 8.07. The van der Waals surface area contributed by atoms with Gasteiger partial charge in [-0.25, -0.2) is 4.79 Å². The maximum Gasteiger partial charge on any atom is 0.354 e. The van der Waals surface area contributed by atoms with Gasteiger partial charge in [0.2, 0.25) is 5.91 Å². The van der Waals surface area contributed by atoms with E-state index >= 15 is 0 Å². The molecule has 1 saturated heterocycles. The Balaban J connectivity index is 1.70. The van der Waals surface area contributed by atoms with Crippen molar-refractivity contribution in [2.45, 2.75) is 25.9 Å². The summed E-state index contributed by atoms with van der Waals surface area (Å²) in [7, 11) is 0. The fourth-order valence-electron chi connectivity index (χ4n) is 2.88. The Kier molecular flexibility index (Phi) is 4.57. The van der Waals surface area contributed by atoms with Crippen LogP contribution in [0.2, 0.25) is 0 Å². The van der Waals surface area contributed by atoms with Gasteiger partial charge in [0.25, 0.3) is 0 Å². The third-order valence-corrected chi connectivity index (χ3v) is 4.22. The molecule has 1 aliphatic rings. The molecule has 6 heteroatoms. The second-order valence-corrected chi connectivity index (χ2v) is 6.15. The third-order valence-electron chi connectivity index (χ3n) is 4.22. The van der Waals surface area contributed by atoms with Crippen LogP contribution in [0.15, 0.2) is 45.6 Å². The molecule has 128 valence electrons. The highest BCUT2D eigenvalue weighted by molar-refractivity contribution is 5.92. The number of nitriles is 1. The molecule has 0 saturated carbocycles. The first-order valence-electron chi connectivity index (χ1n) is 8.07. The summed E-state index contributed by atoms with van der Waals surface area (Å²) in [5.41, 5.74) is 0.256. The molecule has 0 atom stereocenters. The fraction of sp³-hybridized carbons (Fsp3) is 0.316. The number of carbonyl (C=O) groups is 1. The fourth-order valence-corrected chi connectivity index (χ4v) is 2.88. The third kappa shape index (κ3) is 3.56. The van der Waals surface area contributed by atoms with Crippen molar-refractivity contribution in [1.82, 2.24) is 4.90 Å². The summed E-state index contributed by atoms with van der Waals surface area (Å²) in [6.45, 7) is 6.66. The van der Waals surface area contributed by atoms with Gasteiger partial charge in [0.15, 0.2) is 0 Å². The molecule has 0 N–H and O–H groups in total. The van der Waals surface area contributed by atoms with Gasteiger partial charge in [-0.05, 0) is 25.1 Å². The molecule has 0 unspecified atom stereocenters. The van der Waals surface area contributed by atoms with E-state index in [-0.39, 0.29) is 17.6 Å². The van der Waals surface area contributed by atoms with Gasteiger partial charge in [0.05, 0.1) is 0 Å². The van der Waals surface area contributed by atoms with E-state index in [1.54, 1.807) is 30.0 Å². The molecule has 25 heavy (non-hydrogen) atoms. The van der Waals surface area contributed by atoms with Crippen molar-refractivity contribution in [2.24, 2.45) is 0 Å². The molecule has 1 aromatic carbocycles. The van der Waals surface area contributed by atoms with Crippen molar-refractivity contribution in [3.05, 3.63) is 52.4 Å². The van der Waals surface area contributed by atoms with Gasteiger partial charge in [0, 0.05) is 43.0 Å². The van der Waals surface area contributed by atoms with Crippen LogP contribution in [0.25, 0.3) is 11.0 Å². The van der Waals surface area contributed by atoms with Crippen LogP contribution in [0.1, 0.15) is 25.3 Å². The Hall–Kier alpha value is -3.07. The number of hydrogen-bond acceptors (Lipinski definition) is 5. The molecule has 6 nitrogen and oxygen atoms in total. The average molecular weight is 338 g/mol. The Bertz CT molecular complexity index is 931. The lowest BCUT2D eigenvalue weighted by atomic mass is 10.1. The van der Waals surface area contributed by atoms with E-state index in [1.165, 1.54) is 6.07 Å². The van der Waals surface area contributed by atoms with E-state index in [9.17, 15) is 9.59 Å². The van der Waals surface area contributed by atoms with E-state index < -0.39 is 5.63 Å². The van der Waals surface area contributed by atoms with Crippen LogP contribution in [-0.4, -0.2) is 30.0 Å². The Morgan fingerprint density at radius 2 is 2.08 bits per heavy atom. The van der Waals surface area contributed by atoms with E-state index in [2.05, 4.69) is 6.58 Å². The number of amides is 1. The van der Waals surface area contributed by atoms with Gasteiger partial charge >= 0.3 is 5.63 Å². The number of hydrogen-bond donors (Lipinski definition) is 0. The van der Waals surface area contributed by atoms with Crippen molar-refractivity contribution in [3.63, 3.8) is 0 Å². The van der Waals surface area contributed by atoms with Crippen molar-refractivity contribution >= 4 is 16.9 Å². The molecule has 0 radical (unpaired) electrons. The molecule has 2 heterocycles. The van der Waals surface area contributed by atoms with Crippen molar-refractivity contribution in [1.29, 1.82) is 5.26 Å². The normalized spacial score (nSPS) is 15.0. The number of carbonyl (C=O) groups excluding carboxylic acids is 1. The number of rotatable bonds is 3. The Labute approximate surface area is 144 Å². The molecular weight excluding hydrogens is 320 g/mol. The molecule has 1 amide bonds. The van der Waals surface area contributed by atoms with Crippen LogP contribution in [-0.2, 0) is 4.79 Å². The number of ether oxygens (including phenoxy) is 1. The zero-order chi connectivity index (χ0) is 18.0. The van der Waals surface area contributed by atoms with Crippen LogP contribution < -0.4 is 10.4 Å². The van der Waals surface area contributed by atoms with Gasteiger partial charge in [-0.15, -0.1) is 0 Å². The minimum atomic E-state index is -0.654. The summed E-state index contributed by atoms with van der Waals surface area (Å²) in [5.74, 6) is 0.587. The summed E-state index contributed by atoms with van der Waals surface area (Å²) in [6, 6.07) is 8.52. The first-order chi connectivity index (χ1) is 12.0. The van der Waals surface area contributed by atoms with Gasteiger partial charge in [-0.3, -0.25) is 4.79 Å². The Morgan fingerprint density at radius 3 is 2.72 bits per heavy atom. The first kappa shape index (κ1) is 16.8. The smallest absolute Gasteiger partial charge is 0.354 e. The standard InChI is InChI=1S/C19H18N2O4/c1-12(2)18(22)21-7-5-15(6-8-21)24-16-4-3-13-9-14(11-20)19(23)25-17(13)10-16/h3-4,9-10,15H,1,5-8H2,2H3. The Morgan fingerprint density at radius 1 is 1.36 bits per heavy atom. The minimum absolute atomic E-state index is 0.00303. The molecule has 3 rings (SSSR count). The summed E-state index contributed by atoms with van der Waals surface area (Å²) in [5, 5.41) is 9.55. The van der Waals surface area contributed by atoms with Gasteiger partial charge in [-0.2, -0.15) is 5.26 Å². The highest BCUT2D eigenvalue weighted by atomic mass is 16.5. The minimum Gasteiger partial charge on any atom is -0.490 e. The quantitative estimate of drug-likeness (QED) is 0.634. The second-order valence-electron chi connectivity index (χ2n) is 6.15. The number of nitrogens with zero attached hydrogens (tertiary/aromatic N) is 2. The summed E-state index contributed by atoms with van der Waals surface area (Å²) in [4.78, 5) is 25.3. The molecule has 0 aliphatic carbocycles. The number of piperidine rings is 1. The molecule has 1 aliphatic heterocycles. The van der Waals surface area contributed by atoms with Crippen molar-refractivity contribution in [2.75, 3.05) is 13.1 Å². The monoisotopic (exact) mass is 338 g/mol. The maximum atomic E-state index is 11.9. The van der Waals surface area contributed by atoms with E-state index in [4.69, 9.17) is 14.4 Å². The van der Waals surface area contributed by atoms with Gasteiger partial charge in [-0.1, -0.05) is 6.58 Å². The SMILES string of the molecule is C=C(C)C(=O)N1CCC(Oc2ccc3cc(C#N)c(=O)oc3c2)CC1. The summed E-state index contributed by atoms with van der Waals surface area (Å²) >= 11 is 0. The molecular formula is C19H18N2O4. The number of benzene rings is 1. The molecule has 1 aromatic heterocycles. The van der Waals surface area contributed by atoms with Crippen LogP contribution in [0.5, 0.6) is 5.75 Å². The second kappa shape index (κ2) is 6.81. The maximum absolute atomic E-state index is 11.9. The van der Waals surface area contributed by atoms with Gasteiger partial charge < -0.3 is 14.1 Å². The number of fused-ring (bicyclic) bond motifs is 1. The van der Waals surface area contributed by atoms with Crippen LogP contribution in [0, 0.1) is 11.3 Å². The van der Waals surface area contributed by atoms with E-state index in [0.717, 1.165) is 12.8 Å². The molecule has 0 bridgehead atoms. The lowest BCUT2D eigenvalue weighted by Crippen LogP contribution is -2.42.